The summed E-state index contributed by atoms with van der Waals surface area (Å²) in [5, 5.41) is 0. The molecule has 1 fully saturated rings. The van der Waals surface area contributed by atoms with Crippen LogP contribution in [-0.4, -0.2) is 31.1 Å². The van der Waals surface area contributed by atoms with Crippen molar-refractivity contribution in [3.63, 3.8) is 0 Å². The molecule has 0 spiro atoms. The van der Waals surface area contributed by atoms with E-state index in [2.05, 4.69) is 78.2 Å². The third-order valence-corrected chi connectivity index (χ3v) is 4.55. The first-order chi connectivity index (χ1) is 10.7. The molecular weight excluding hydrogens is 268 g/mol. The average molecular weight is 294 g/mol. The minimum Gasteiger partial charge on any atom is -0.369 e. The highest BCUT2D eigenvalue weighted by molar-refractivity contribution is 5.48. The van der Waals surface area contributed by atoms with Gasteiger partial charge in [-0.05, 0) is 29.2 Å². The number of anilines is 1. The van der Waals surface area contributed by atoms with Crippen LogP contribution in [0.5, 0.6) is 0 Å². The van der Waals surface area contributed by atoms with Gasteiger partial charge < -0.3 is 4.90 Å². The van der Waals surface area contributed by atoms with Crippen molar-refractivity contribution in [2.75, 3.05) is 31.1 Å². The molecule has 116 valence electrons. The van der Waals surface area contributed by atoms with Gasteiger partial charge in [0.15, 0.2) is 0 Å². The van der Waals surface area contributed by atoms with Gasteiger partial charge in [0.25, 0.3) is 0 Å². The highest BCUT2D eigenvalue weighted by Crippen LogP contribution is 2.21. The standard InChI is InChI=1S/C20H26N2/c1-17(2)19-8-10-20(11-9-19)22-14-12-21(13-15-22)16-18-6-4-3-5-7-18/h3-11,17H,12-16H2,1-2H3. The van der Waals surface area contributed by atoms with Gasteiger partial charge >= 0.3 is 0 Å². The summed E-state index contributed by atoms with van der Waals surface area (Å²) in [5.41, 5.74) is 4.20. The lowest BCUT2D eigenvalue weighted by Gasteiger charge is -2.36. The van der Waals surface area contributed by atoms with Gasteiger partial charge in [-0.15, -0.1) is 0 Å². The summed E-state index contributed by atoms with van der Waals surface area (Å²) in [4.78, 5) is 5.06. The van der Waals surface area contributed by atoms with E-state index in [1.807, 2.05) is 0 Å². The van der Waals surface area contributed by atoms with Crippen molar-refractivity contribution < 1.29 is 0 Å². The van der Waals surface area contributed by atoms with Crippen LogP contribution in [0.2, 0.25) is 0 Å². The molecule has 0 unspecified atom stereocenters. The van der Waals surface area contributed by atoms with Crippen LogP contribution in [0.15, 0.2) is 54.6 Å². The molecule has 0 N–H and O–H groups in total. The molecule has 0 aliphatic carbocycles. The van der Waals surface area contributed by atoms with E-state index in [0.29, 0.717) is 5.92 Å². The van der Waals surface area contributed by atoms with E-state index in [1.54, 1.807) is 0 Å². The highest BCUT2D eigenvalue weighted by Gasteiger charge is 2.17. The van der Waals surface area contributed by atoms with Crippen molar-refractivity contribution in [3.8, 4) is 0 Å². The Balaban J connectivity index is 1.55. The Morgan fingerprint density at radius 1 is 0.818 bits per heavy atom. The summed E-state index contributed by atoms with van der Waals surface area (Å²) in [6, 6.07) is 19.9. The van der Waals surface area contributed by atoms with Gasteiger partial charge in [0, 0.05) is 38.4 Å². The van der Waals surface area contributed by atoms with Crippen LogP contribution >= 0.6 is 0 Å². The molecule has 0 atom stereocenters. The molecule has 1 aliphatic heterocycles. The van der Waals surface area contributed by atoms with Crippen molar-refractivity contribution in [1.82, 2.24) is 4.90 Å². The van der Waals surface area contributed by atoms with E-state index in [1.165, 1.54) is 16.8 Å². The molecule has 0 aromatic heterocycles. The zero-order valence-corrected chi connectivity index (χ0v) is 13.7. The number of nitrogens with zero attached hydrogens (tertiary/aromatic N) is 2. The zero-order chi connectivity index (χ0) is 15.4. The van der Waals surface area contributed by atoms with Crippen molar-refractivity contribution >= 4 is 5.69 Å². The molecule has 1 saturated heterocycles. The van der Waals surface area contributed by atoms with Crippen LogP contribution in [0.25, 0.3) is 0 Å². The Kier molecular flexibility index (Phi) is 4.79. The van der Waals surface area contributed by atoms with Crippen molar-refractivity contribution in [3.05, 3.63) is 65.7 Å². The fourth-order valence-electron chi connectivity index (χ4n) is 3.08. The molecule has 0 radical (unpaired) electrons. The maximum Gasteiger partial charge on any atom is 0.0367 e. The van der Waals surface area contributed by atoms with Gasteiger partial charge in [0.1, 0.15) is 0 Å². The number of hydrogen-bond acceptors (Lipinski definition) is 2. The van der Waals surface area contributed by atoms with Gasteiger partial charge in [-0.3, -0.25) is 4.90 Å². The number of benzene rings is 2. The number of rotatable bonds is 4. The minimum absolute atomic E-state index is 0.608. The summed E-state index contributed by atoms with van der Waals surface area (Å²) in [6.07, 6.45) is 0. The number of piperazine rings is 1. The van der Waals surface area contributed by atoms with Crippen LogP contribution in [0.4, 0.5) is 5.69 Å². The largest absolute Gasteiger partial charge is 0.369 e. The van der Waals surface area contributed by atoms with E-state index in [9.17, 15) is 0 Å². The second-order valence-electron chi connectivity index (χ2n) is 6.50. The van der Waals surface area contributed by atoms with Gasteiger partial charge in [-0.2, -0.15) is 0 Å². The van der Waals surface area contributed by atoms with Crippen LogP contribution in [0.3, 0.4) is 0 Å². The Hall–Kier alpha value is -1.80. The lowest BCUT2D eigenvalue weighted by atomic mass is 10.0. The molecule has 2 heteroatoms. The smallest absolute Gasteiger partial charge is 0.0367 e. The van der Waals surface area contributed by atoms with Gasteiger partial charge in [-0.1, -0.05) is 56.3 Å². The predicted octanol–water partition coefficient (Wildman–Crippen LogP) is 4.13. The summed E-state index contributed by atoms with van der Waals surface area (Å²) in [7, 11) is 0. The third kappa shape index (κ3) is 3.69. The lowest BCUT2D eigenvalue weighted by Crippen LogP contribution is -2.45. The molecular formula is C20H26N2. The number of hydrogen-bond donors (Lipinski definition) is 0. The maximum atomic E-state index is 2.55. The quantitative estimate of drug-likeness (QED) is 0.836. The van der Waals surface area contributed by atoms with Gasteiger partial charge in [0.2, 0.25) is 0 Å². The summed E-state index contributed by atoms with van der Waals surface area (Å²) < 4.78 is 0. The fraction of sp³-hybridized carbons (Fsp3) is 0.400. The molecule has 3 rings (SSSR count). The van der Waals surface area contributed by atoms with E-state index >= 15 is 0 Å². The van der Waals surface area contributed by atoms with Crippen molar-refractivity contribution in [2.24, 2.45) is 0 Å². The third-order valence-electron chi connectivity index (χ3n) is 4.55. The van der Waals surface area contributed by atoms with Crippen LogP contribution in [0.1, 0.15) is 30.9 Å². The molecule has 2 aromatic rings. The second-order valence-corrected chi connectivity index (χ2v) is 6.50. The first kappa shape index (κ1) is 15.1. The van der Waals surface area contributed by atoms with Gasteiger partial charge in [0.05, 0.1) is 0 Å². The summed E-state index contributed by atoms with van der Waals surface area (Å²) in [5.74, 6) is 0.608. The molecule has 1 aliphatic rings. The highest BCUT2D eigenvalue weighted by atomic mass is 15.3. The minimum atomic E-state index is 0.608. The van der Waals surface area contributed by atoms with E-state index in [4.69, 9.17) is 0 Å². The molecule has 22 heavy (non-hydrogen) atoms. The molecule has 1 heterocycles. The summed E-state index contributed by atoms with van der Waals surface area (Å²) in [6.45, 7) is 10.1. The van der Waals surface area contributed by atoms with Crippen molar-refractivity contribution in [2.45, 2.75) is 26.3 Å². The molecule has 0 saturated carbocycles. The van der Waals surface area contributed by atoms with Crippen LogP contribution < -0.4 is 4.90 Å². The lowest BCUT2D eigenvalue weighted by molar-refractivity contribution is 0.250. The first-order valence-corrected chi connectivity index (χ1v) is 8.33. The van der Waals surface area contributed by atoms with Gasteiger partial charge in [-0.25, -0.2) is 0 Å². The topological polar surface area (TPSA) is 6.48 Å². The van der Waals surface area contributed by atoms with Crippen molar-refractivity contribution in [1.29, 1.82) is 0 Å². The monoisotopic (exact) mass is 294 g/mol. The Morgan fingerprint density at radius 3 is 2.05 bits per heavy atom. The Labute approximate surface area is 134 Å². The fourth-order valence-corrected chi connectivity index (χ4v) is 3.08. The van der Waals surface area contributed by atoms with E-state index in [-0.39, 0.29) is 0 Å². The Morgan fingerprint density at radius 2 is 1.45 bits per heavy atom. The molecule has 0 bridgehead atoms. The SMILES string of the molecule is CC(C)c1ccc(N2CCN(Cc3ccccc3)CC2)cc1. The zero-order valence-electron chi connectivity index (χ0n) is 13.7. The second kappa shape index (κ2) is 6.97. The molecule has 2 nitrogen and oxygen atoms in total. The van der Waals surface area contributed by atoms with Crippen LogP contribution in [0, 0.1) is 0 Å². The molecule has 0 amide bonds. The van der Waals surface area contributed by atoms with E-state index < -0.39 is 0 Å². The average Bonchev–Trinajstić information content (AvgIpc) is 2.57. The predicted molar refractivity (Wildman–Crippen MR) is 94.5 cm³/mol. The maximum absolute atomic E-state index is 2.55. The Bertz CT molecular complexity index is 566. The summed E-state index contributed by atoms with van der Waals surface area (Å²) >= 11 is 0. The molecule has 2 aromatic carbocycles. The van der Waals surface area contributed by atoms with Crippen LogP contribution in [-0.2, 0) is 6.54 Å². The normalized spacial score (nSPS) is 16.2. The van der Waals surface area contributed by atoms with E-state index in [0.717, 1.165) is 32.7 Å². The first-order valence-electron chi connectivity index (χ1n) is 8.33.